The average molecular weight is 227 g/mol. The molecule has 0 radical (unpaired) electrons. The molecule has 0 amide bonds. The van der Waals surface area contributed by atoms with E-state index in [-0.39, 0.29) is 16.7 Å². The topological polar surface area (TPSA) is 71.8 Å². The van der Waals surface area contributed by atoms with E-state index >= 15 is 0 Å². The maximum atomic E-state index is 11.5. The van der Waals surface area contributed by atoms with Gasteiger partial charge in [-0.3, -0.25) is 4.79 Å². The Morgan fingerprint density at radius 1 is 1.24 bits per heavy atom. The zero-order valence-electron chi connectivity index (χ0n) is 9.31. The average Bonchev–Trinajstić information content (AvgIpc) is 3.15. The van der Waals surface area contributed by atoms with E-state index in [1.54, 1.807) is 0 Å². The highest BCUT2D eigenvalue weighted by Gasteiger charge is 2.48. The van der Waals surface area contributed by atoms with E-state index in [1.807, 2.05) is 18.2 Å². The summed E-state index contributed by atoms with van der Waals surface area (Å²) in [5.74, 6) is 0.725. The summed E-state index contributed by atoms with van der Waals surface area (Å²) in [7, 11) is 0. The third-order valence-electron chi connectivity index (χ3n) is 3.36. The summed E-state index contributed by atoms with van der Waals surface area (Å²) in [5.41, 5.74) is 6.50. The van der Waals surface area contributed by atoms with Crippen molar-refractivity contribution in [3.8, 4) is 0 Å². The van der Waals surface area contributed by atoms with E-state index in [0.29, 0.717) is 0 Å². The molecule has 1 aromatic carbocycles. The number of H-pyrrole nitrogens is 1. The molecule has 1 fully saturated rings. The third-order valence-corrected chi connectivity index (χ3v) is 3.36. The number of nitrogens with two attached hydrogens (primary N) is 1. The van der Waals surface area contributed by atoms with Gasteiger partial charge in [0.25, 0.3) is 5.56 Å². The number of nitrogens with zero attached hydrogens (tertiary/aromatic N) is 1. The summed E-state index contributed by atoms with van der Waals surface area (Å²) in [4.78, 5) is 18.6. The van der Waals surface area contributed by atoms with Crippen LogP contribution in [0, 0.1) is 0 Å². The summed E-state index contributed by atoms with van der Waals surface area (Å²) in [6.07, 6.45) is 3.48. The van der Waals surface area contributed by atoms with Gasteiger partial charge in [-0.05, 0) is 18.4 Å². The molecule has 2 aromatic rings. The monoisotopic (exact) mass is 227 g/mol. The lowest BCUT2D eigenvalue weighted by atomic mass is 9.95. The van der Waals surface area contributed by atoms with Crippen LogP contribution >= 0.6 is 0 Å². The standard InChI is InChI=1S/C13H13N3O/c14-10-8-15-12(16-11(10)17)13(6-7-13)9-4-2-1-3-5-9/h1-5,8H,6-7,14H2,(H,15,16,17). The van der Waals surface area contributed by atoms with Gasteiger partial charge in [-0.15, -0.1) is 0 Å². The number of benzene rings is 1. The van der Waals surface area contributed by atoms with Gasteiger partial charge >= 0.3 is 0 Å². The lowest BCUT2D eigenvalue weighted by Crippen LogP contribution is -2.21. The highest BCUT2D eigenvalue weighted by molar-refractivity contribution is 5.41. The number of nitrogen functional groups attached to an aromatic ring is 1. The van der Waals surface area contributed by atoms with Crippen LogP contribution in [-0.2, 0) is 5.41 Å². The maximum absolute atomic E-state index is 11.5. The zero-order chi connectivity index (χ0) is 11.9. The molecule has 86 valence electrons. The third kappa shape index (κ3) is 1.53. The fourth-order valence-electron chi connectivity index (χ4n) is 2.19. The second-order valence-electron chi connectivity index (χ2n) is 4.46. The first kappa shape index (κ1) is 10.1. The van der Waals surface area contributed by atoms with Gasteiger partial charge in [-0.1, -0.05) is 30.3 Å². The number of hydrogen-bond donors (Lipinski definition) is 2. The molecule has 4 nitrogen and oxygen atoms in total. The summed E-state index contributed by atoms with van der Waals surface area (Å²) in [6.45, 7) is 0. The molecule has 17 heavy (non-hydrogen) atoms. The van der Waals surface area contributed by atoms with Crippen LogP contribution in [0.4, 0.5) is 5.69 Å². The van der Waals surface area contributed by atoms with Crippen LogP contribution in [-0.4, -0.2) is 9.97 Å². The molecule has 3 rings (SSSR count). The van der Waals surface area contributed by atoms with Crippen LogP contribution < -0.4 is 11.3 Å². The van der Waals surface area contributed by atoms with E-state index in [1.165, 1.54) is 11.8 Å². The van der Waals surface area contributed by atoms with Crippen molar-refractivity contribution in [1.29, 1.82) is 0 Å². The summed E-state index contributed by atoms with van der Waals surface area (Å²) in [6, 6.07) is 10.1. The van der Waals surface area contributed by atoms with Crippen LogP contribution in [0.15, 0.2) is 41.3 Å². The molecule has 0 unspecified atom stereocenters. The van der Waals surface area contributed by atoms with Crippen molar-refractivity contribution in [2.24, 2.45) is 0 Å². The Morgan fingerprint density at radius 3 is 2.53 bits per heavy atom. The van der Waals surface area contributed by atoms with Gasteiger partial charge < -0.3 is 10.7 Å². The Morgan fingerprint density at radius 2 is 1.94 bits per heavy atom. The van der Waals surface area contributed by atoms with E-state index in [0.717, 1.165) is 18.7 Å². The fourth-order valence-corrected chi connectivity index (χ4v) is 2.19. The Balaban J connectivity index is 2.10. The minimum Gasteiger partial charge on any atom is -0.393 e. The van der Waals surface area contributed by atoms with Crippen molar-refractivity contribution in [2.75, 3.05) is 5.73 Å². The Bertz CT molecular complexity index is 600. The normalized spacial score (nSPS) is 16.7. The van der Waals surface area contributed by atoms with Gasteiger partial charge in [0.15, 0.2) is 0 Å². The van der Waals surface area contributed by atoms with Gasteiger partial charge in [0.1, 0.15) is 11.5 Å². The van der Waals surface area contributed by atoms with Crippen molar-refractivity contribution in [3.63, 3.8) is 0 Å². The summed E-state index contributed by atoms with van der Waals surface area (Å²) < 4.78 is 0. The van der Waals surface area contributed by atoms with Gasteiger partial charge in [0.2, 0.25) is 0 Å². The highest BCUT2D eigenvalue weighted by Crippen LogP contribution is 2.51. The molecular weight excluding hydrogens is 214 g/mol. The molecule has 0 spiro atoms. The second-order valence-corrected chi connectivity index (χ2v) is 4.46. The Labute approximate surface area is 98.5 Å². The van der Waals surface area contributed by atoms with Gasteiger partial charge in [0, 0.05) is 0 Å². The molecule has 4 heteroatoms. The molecule has 1 saturated carbocycles. The van der Waals surface area contributed by atoms with Crippen LogP contribution in [0.3, 0.4) is 0 Å². The fraction of sp³-hybridized carbons (Fsp3) is 0.231. The molecular formula is C13H13N3O. The van der Waals surface area contributed by atoms with Crippen molar-refractivity contribution >= 4 is 5.69 Å². The van der Waals surface area contributed by atoms with Crippen LogP contribution in [0.25, 0.3) is 0 Å². The first-order valence-corrected chi connectivity index (χ1v) is 5.63. The SMILES string of the molecule is Nc1cnc(C2(c3ccccc3)CC2)[nH]c1=O. The number of nitrogens with one attached hydrogen (secondary N) is 1. The predicted molar refractivity (Wildman–Crippen MR) is 65.7 cm³/mol. The smallest absolute Gasteiger partial charge is 0.274 e. The maximum Gasteiger partial charge on any atom is 0.274 e. The van der Waals surface area contributed by atoms with Gasteiger partial charge in [-0.2, -0.15) is 0 Å². The molecule has 1 aliphatic carbocycles. The molecule has 1 heterocycles. The van der Waals surface area contributed by atoms with Crippen molar-refractivity contribution in [1.82, 2.24) is 9.97 Å². The van der Waals surface area contributed by atoms with E-state index in [9.17, 15) is 4.79 Å². The quantitative estimate of drug-likeness (QED) is 0.815. The first-order valence-electron chi connectivity index (χ1n) is 5.63. The van der Waals surface area contributed by atoms with Crippen LogP contribution in [0.5, 0.6) is 0 Å². The first-order chi connectivity index (χ1) is 8.22. The number of aromatic amines is 1. The van der Waals surface area contributed by atoms with E-state index in [2.05, 4.69) is 22.1 Å². The summed E-state index contributed by atoms with van der Waals surface area (Å²) >= 11 is 0. The minimum absolute atomic E-state index is 0.103. The Hall–Kier alpha value is -2.10. The molecule has 0 bridgehead atoms. The number of hydrogen-bond acceptors (Lipinski definition) is 3. The lowest BCUT2D eigenvalue weighted by molar-refractivity contribution is 0.748. The molecule has 0 saturated heterocycles. The molecule has 0 aliphatic heterocycles. The number of anilines is 1. The van der Waals surface area contributed by atoms with Gasteiger partial charge in [-0.25, -0.2) is 4.98 Å². The second kappa shape index (κ2) is 3.45. The molecule has 3 N–H and O–H groups in total. The van der Waals surface area contributed by atoms with Gasteiger partial charge in [0.05, 0.1) is 11.6 Å². The number of rotatable bonds is 2. The van der Waals surface area contributed by atoms with E-state index in [4.69, 9.17) is 5.73 Å². The summed E-state index contributed by atoms with van der Waals surface area (Å²) in [5, 5.41) is 0. The highest BCUT2D eigenvalue weighted by atomic mass is 16.1. The van der Waals surface area contributed by atoms with Crippen LogP contribution in [0.1, 0.15) is 24.2 Å². The zero-order valence-corrected chi connectivity index (χ0v) is 9.31. The number of aromatic nitrogens is 2. The predicted octanol–water partition coefficient (Wildman–Crippen LogP) is 1.43. The van der Waals surface area contributed by atoms with Crippen molar-refractivity contribution in [2.45, 2.75) is 18.3 Å². The largest absolute Gasteiger partial charge is 0.393 e. The molecule has 1 aromatic heterocycles. The Kier molecular flexibility index (Phi) is 2.04. The lowest BCUT2D eigenvalue weighted by Gasteiger charge is -2.14. The minimum atomic E-state index is -0.253. The molecule has 1 aliphatic rings. The van der Waals surface area contributed by atoms with Crippen LogP contribution in [0.2, 0.25) is 0 Å². The van der Waals surface area contributed by atoms with E-state index < -0.39 is 0 Å². The van der Waals surface area contributed by atoms with Crippen molar-refractivity contribution in [3.05, 3.63) is 58.3 Å². The van der Waals surface area contributed by atoms with Crippen molar-refractivity contribution < 1.29 is 0 Å². The molecule has 0 atom stereocenters.